The Hall–Kier alpha value is -0.960. The van der Waals surface area contributed by atoms with Crippen LogP contribution in [0.15, 0.2) is 17.5 Å². The Kier molecular flexibility index (Phi) is 1.58. The Morgan fingerprint density at radius 2 is 2.55 bits per heavy atom. The van der Waals surface area contributed by atoms with Gasteiger partial charge in [0.15, 0.2) is 5.88 Å². The summed E-state index contributed by atoms with van der Waals surface area (Å²) in [5.74, 6) is 0.870. The van der Waals surface area contributed by atoms with Crippen molar-refractivity contribution in [1.82, 2.24) is 4.98 Å². The standard InChI is InChI=1S/C8H9NOS/c1-2-10-8-5-7-6(9-8)3-4-11-7/h3-5,9H,2H2,1H3. The molecule has 0 unspecified atom stereocenters. The molecule has 2 nitrogen and oxygen atoms in total. The van der Waals surface area contributed by atoms with Gasteiger partial charge in [-0.25, -0.2) is 0 Å². The van der Waals surface area contributed by atoms with Gasteiger partial charge in [-0.2, -0.15) is 0 Å². The Bertz CT molecular complexity index is 321. The van der Waals surface area contributed by atoms with Crippen LogP contribution >= 0.6 is 11.3 Å². The molecule has 0 aromatic carbocycles. The fraction of sp³-hybridized carbons (Fsp3) is 0.250. The molecule has 1 N–H and O–H groups in total. The van der Waals surface area contributed by atoms with Crippen molar-refractivity contribution in [2.75, 3.05) is 6.61 Å². The molecule has 58 valence electrons. The first-order valence-electron chi connectivity index (χ1n) is 3.59. The molecule has 2 rings (SSSR count). The van der Waals surface area contributed by atoms with Gasteiger partial charge in [-0.05, 0) is 18.4 Å². The number of aromatic nitrogens is 1. The van der Waals surface area contributed by atoms with Crippen molar-refractivity contribution in [3.05, 3.63) is 17.5 Å². The van der Waals surface area contributed by atoms with Crippen LogP contribution in [0.3, 0.4) is 0 Å². The average Bonchev–Trinajstić information content (AvgIpc) is 2.46. The zero-order chi connectivity index (χ0) is 7.68. The van der Waals surface area contributed by atoms with E-state index >= 15 is 0 Å². The lowest BCUT2D eigenvalue weighted by Gasteiger charge is -1.95. The molecular formula is C8H9NOS. The number of hydrogen-bond acceptors (Lipinski definition) is 2. The van der Waals surface area contributed by atoms with E-state index in [1.807, 2.05) is 13.0 Å². The second-order valence-corrected chi connectivity index (χ2v) is 3.21. The summed E-state index contributed by atoms with van der Waals surface area (Å²) in [4.78, 5) is 3.16. The third-order valence-electron chi connectivity index (χ3n) is 1.52. The molecule has 3 heteroatoms. The molecule has 0 aliphatic heterocycles. The summed E-state index contributed by atoms with van der Waals surface area (Å²) in [6.45, 7) is 2.70. The first kappa shape index (κ1) is 6.73. The minimum atomic E-state index is 0.716. The highest BCUT2D eigenvalue weighted by Gasteiger charge is 2.00. The maximum absolute atomic E-state index is 5.30. The molecule has 2 aromatic rings. The summed E-state index contributed by atoms with van der Waals surface area (Å²) >= 11 is 1.72. The molecule has 0 amide bonds. The van der Waals surface area contributed by atoms with Crippen LogP contribution in [-0.2, 0) is 0 Å². The highest BCUT2D eigenvalue weighted by molar-refractivity contribution is 7.17. The van der Waals surface area contributed by atoms with E-state index in [0.29, 0.717) is 6.61 Å². The first-order chi connectivity index (χ1) is 5.40. The van der Waals surface area contributed by atoms with E-state index in [0.717, 1.165) is 5.88 Å². The fourth-order valence-electron chi connectivity index (χ4n) is 1.06. The lowest BCUT2D eigenvalue weighted by atomic mass is 10.5. The number of hydrogen-bond donors (Lipinski definition) is 1. The second-order valence-electron chi connectivity index (χ2n) is 2.27. The smallest absolute Gasteiger partial charge is 0.192 e. The molecule has 0 spiro atoms. The van der Waals surface area contributed by atoms with E-state index < -0.39 is 0 Å². The SMILES string of the molecule is CCOc1cc2sccc2[nH]1. The van der Waals surface area contributed by atoms with E-state index in [9.17, 15) is 0 Å². The molecule has 0 saturated heterocycles. The molecule has 2 aromatic heterocycles. The minimum Gasteiger partial charge on any atom is -0.479 e. The monoisotopic (exact) mass is 167 g/mol. The van der Waals surface area contributed by atoms with Crippen molar-refractivity contribution in [3.63, 3.8) is 0 Å². The van der Waals surface area contributed by atoms with E-state index in [2.05, 4.69) is 16.4 Å². The summed E-state index contributed by atoms with van der Waals surface area (Å²) in [6, 6.07) is 4.09. The van der Waals surface area contributed by atoms with Gasteiger partial charge in [-0.3, -0.25) is 0 Å². The van der Waals surface area contributed by atoms with Gasteiger partial charge in [0.05, 0.1) is 16.8 Å². The van der Waals surface area contributed by atoms with Crippen molar-refractivity contribution in [2.45, 2.75) is 6.92 Å². The molecule has 0 saturated carbocycles. The zero-order valence-corrected chi connectivity index (χ0v) is 7.07. The summed E-state index contributed by atoms with van der Waals surface area (Å²) in [5, 5.41) is 2.07. The molecule has 0 bridgehead atoms. The van der Waals surface area contributed by atoms with E-state index in [4.69, 9.17) is 4.74 Å². The van der Waals surface area contributed by atoms with E-state index in [1.165, 1.54) is 10.2 Å². The highest BCUT2D eigenvalue weighted by atomic mass is 32.1. The number of H-pyrrole nitrogens is 1. The van der Waals surface area contributed by atoms with Gasteiger partial charge < -0.3 is 9.72 Å². The summed E-state index contributed by atoms with van der Waals surface area (Å²) < 4.78 is 6.56. The Morgan fingerprint density at radius 1 is 1.64 bits per heavy atom. The molecule has 0 fully saturated rings. The lowest BCUT2D eigenvalue weighted by Crippen LogP contribution is -1.89. The van der Waals surface area contributed by atoms with Crippen molar-refractivity contribution in [2.24, 2.45) is 0 Å². The van der Waals surface area contributed by atoms with Crippen molar-refractivity contribution >= 4 is 21.6 Å². The van der Waals surface area contributed by atoms with Gasteiger partial charge in [-0.1, -0.05) is 0 Å². The predicted octanol–water partition coefficient (Wildman–Crippen LogP) is 2.63. The van der Waals surface area contributed by atoms with Gasteiger partial charge in [0.25, 0.3) is 0 Å². The van der Waals surface area contributed by atoms with Crippen LogP contribution in [0.2, 0.25) is 0 Å². The second kappa shape index (κ2) is 2.58. The number of rotatable bonds is 2. The Balaban J connectivity index is 2.42. The Labute approximate surface area is 68.8 Å². The minimum absolute atomic E-state index is 0.716. The number of fused-ring (bicyclic) bond motifs is 1. The quantitative estimate of drug-likeness (QED) is 0.730. The fourth-order valence-corrected chi connectivity index (χ4v) is 1.83. The normalized spacial score (nSPS) is 10.6. The van der Waals surface area contributed by atoms with Crippen LogP contribution < -0.4 is 4.74 Å². The molecule has 2 heterocycles. The van der Waals surface area contributed by atoms with E-state index in [1.54, 1.807) is 11.3 Å². The highest BCUT2D eigenvalue weighted by Crippen LogP contribution is 2.24. The third kappa shape index (κ3) is 1.12. The molecule has 0 radical (unpaired) electrons. The van der Waals surface area contributed by atoms with Crippen LogP contribution in [0.1, 0.15) is 6.92 Å². The summed E-state index contributed by atoms with van der Waals surface area (Å²) in [7, 11) is 0. The van der Waals surface area contributed by atoms with Gasteiger partial charge in [0, 0.05) is 6.07 Å². The van der Waals surface area contributed by atoms with Gasteiger partial charge in [0.1, 0.15) is 0 Å². The Morgan fingerprint density at radius 3 is 3.27 bits per heavy atom. The van der Waals surface area contributed by atoms with Crippen LogP contribution in [0.5, 0.6) is 5.88 Å². The number of thiophene rings is 1. The molecule has 0 atom stereocenters. The van der Waals surface area contributed by atoms with Crippen molar-refractivity contribution in [3.8, 4) is 5.88 Å². The average molecular weight is 167 g/mol. The number of nitrogens with one attached hydrogen (secondary N) is 1. The first-order valence-corrected chi connectivity index (χ1v) is 4.47. The predicted molar refractivity (Wildman–Crippen MR) is 47.3 cm³/mol. The summed E-state index contributed by atoms with van der Waals surface area (Å²) in [5.41, 5.74) is 1.17. The van der Waals surface area contributed by atoms with Crippen LogP contribution in [-0.4, -0.2) is 11.6 Å². The van der Waals surface area contributed by atoms with E-state index in [-0.39, 0.29) is 0 Å². The lowest BCUT2D eigenvalue weighted by molar-refractivity contribution is 0.329. The van der Waals surface area contributed by atoms with Crippen LogP contribution in [0, 0.1) is 0 Å². The number of ether oxygens (including phenoxy) is 1. The van der Waals surface area contributed by atoms with Gasteiger partial charge in [-0.15, -0.1) is 11.3 Å². The van der Waals surface area contributed by atoms with Gasteiger partial charge >= 0.3 is 0 Å². The summed E-state index contributed by atoms with van der Waals surface area (Å²) in [6.07, 6.45) is 0. The van der Waals surface area contributed by atoms with Crippen molar-refractivity contribution in [1.29, 1.82) is 0 Å². The van der Waals surface area contributed by atoms with Crippen LogP contribution in [0.25, 0.3) is 10.2 Å². The molecular weight excluding hydrogens is 158 g/mol. The maximum atomic E-state index is 5.30. The molecule has 0 aliphatic carbocycles. The molecule has 0 aliphatic rings. The zero-order valence-electron chi connectivity index (χ0n) is 6.26. The van der Waals surface area contributed by atoms with Crippen LogP contribution in [0.4, 0.5) is 0 Å². The largest absolute Gasteiger partial charge is 0.479 e. The van der Waals surface area contributed by atoms with Crippen molar-refractivity contribution < 1.29 is 4.74 Å². The van der Waals surface area contributed by atoms with Gasteiger partial charge in [0.2, 0.25) is 0 Å². The number of aromatic amines is 1. The topological polar surface area (TPSA) is 25.0 Å². The third-order valence-corrected chi connectivity index (χ3v) is 2.38. The molecule has 11 heavy (non-hydrogen) atoms. The maximum Gasteiger partial charge on any atom is 0.192 e.